The summed E-state index contributed by atoms with van der Waals surface area (Å²) in [6, 6.07) is 13.5. The molecular formula is C25H22ClN3O2. The van der Waals surface area contributed by atoms with Crippen LogP contribution in [0.5, 0.6) is 0 Å². The quantitative estimate of drug-likeness (QED) is 0.626. The Morgan fingerprint density at radius 1 is 1.00 bits per heavy atom. The Labute approximate surface area is 185 Å². The average Bonchev–Trinajstić information content (AvgIpc) is 2.96. The number of rotatable bonds is 1. The molecule has 2 aliphatic rings. The number of benzene rings is 1. The molecule has 0 saturated carbocycles. The van der Waals surface area contributed by atoms with Crippen molar-refractivity contribution in [2.45, 2.75) is 25.7 Å². The molecule has 31 heavy (non-hydrogen) atoms. The molecule has 1 saturated heterocycles. The number of hydrogen-bond donors (Lipinski definition) is 1. The van der Waals surface area contributed by atoms with Crippen LogP contribution < -0.4 is 5.56 Å². The van der Waals surface area contributed by atoms with E-state index in [9.17, 15) is 9.59 Å². The molecule has 1 aliphatic heterocycles. The summed E-state index contributed by atoms with van der Waals surface area (Å²) in [6.45, 7) is 1.16. The number of amides is 1. The van der Waals surface area contributed by atoms with Gasteiger partial charge in [-0.15, -0.1) is 0 Å². The van der Waals surface area contributed by atoms with Crippen LogP contribution in [0.15, 0.2) is 65.2 Å². The number of carbonyl (C=O) groups excluding carboxylic acids is 1. The maximum Gasteiger partial charge on any atom is 0.260 e. The summed E-state index contributed by atoms with van der Waals surface area (Å²) in [5, 5.41) is 0.746. The summed E-state index contributed by atoms with van der Waals surface area (Å²) in [5.41, 5.74) is 7.05. The molecule has 0 bridgehead atoms. The van der Waals surface area contributed by atoms with Gasteiger partial charge in [0.25, 0.3) is 11.5 Å². The molecular weight excluding hydrogens is 410 g/mol. The molecule has 0 radical (unpaired) electrons. The van der Waals surface area contributed by atoms with Gasteiger partial charge < -0.3 is 9.88 Å². The Morgan fingerprint density at radius 3 is 2.61 bits per heavy atom. The van der Waals surface area contributed by atoms with Crippen LogP contribution in [0, 0.1) is 0 Å². The molecule has 6 heteroatoms. The summed E-state index contributed by atoms with van der Waals surface area (Å²) < 4.78 is 0. The number of carbonyl (C=O) groups is 1. The van der Waals surface area contributed by atoms with Crippen molar-refractivity contribution in [3.8, 4) is 0 Å². The topological polar surface area (TPSA) is 66.1 Å². The first kappa shape index (κ1) is 19.8. The first-order valence-electron chi connectivity index (χ1n) is 10.5. The standard InChI is InChI=1S/C25H22ClN3O2/c26-19-7-8-20-18(15-19)6-5-17-3-1-11-27-23(17)22(20)16-9-13-29(14-10-16)25(31)21-4-2-12-28-24(21)30/h1-4,7-8,11-12,15H,5-6,9-10,13-14H2,(H,28,30). The van der Waals surface area contributed by atoms with E-state index in [0.717, 1.165) is 36.4 Å². The molecule has 5 nitrogen and oxygen atoms in total. The van der Waals surface area contributed by atoms with Gasteiger partial charge in [0.2, 0.25) is 0 Å². The van der Waals surface area contributed by atoms with E-state index in [1.165, 1.54) is 34.0 Å². The van der Waals surface area contributed by atoms with Crippen LogP contribution in [0.1, 0.15) is 45.6 Å². The van der Waals surface area contributed by atoms with E-state index in [-0.39, 0.29) is 17.0 Å². The predicted octanol–water partition coefficient (Wildman–Crippen LogP) is 4.26. The van der Waals surface area contributed by atoms with Crippen molar-refractivity contribution in [3.05, 3.63) is 104 Å². The summed E-state index contributed by atoms with van der Waals surface area (Å²) >= 11 is 6.30. The lowest BCUT2D eigenvalue weighted by Crippen LogP contribution is -2.39. The number of fused-ring (bicyclic) bond motifs is 2. The maximum atomic E-state index is 12.9. The van der Waals surface area contributed by atoms with Gasteiger partial charge in [0, 0.05) is 36.1 Å². The second-order valence-corrected chi connectivity index (χ2v) is 8.43. The number of likely N-dealkylation sites (tertiary alicyclic amines) is 1. The molecule has 1 aromatic carbocycles. The highest BCUT2D eigenvalue weighted by atomic mass is 35.5. The first-order chi connectivity index (χ1) is 15.1. The highest BCUT2D eigenvalue weighted by Gasteiger charge is 2.27. The fourth-order valence-corrected chi connectivity index (χ4v) is 4.82. The Morgan fingerprint density at radius 2 is 1.81 bits per heavy atom. The molecule has 5 rings (SSSR count). The van der Waals surface area contributed by atoms with Gasteiger partial charge in [0.15, 0.2) is 0 Å². The van der Waals surface area contributed by atoms with Crippen LogP contribution in [0.2, 0.25) is 5.02 Å². The van der Waals surface area contributed by atoms with Gasteiger partial charge in [0.05, 0.1) is 5.69 Å². The Hall–Kier alpha value is -3.18. The third-order valence-corrected chi connectivity index (χ3v) is 6.42. The van der Waals surface area contributed by atoms with Gasteiger partial charge in [-0.3, -0.25) is 14.6 Å². The molecule has 3 aromatic rings. The Bertz CT molecular complexity index is 1250. The number of hydrogen-bond acceptors (Lipinski definition) is 3. The third kappa shape index (κ3) is 3.70. The lowest BCUT2D eigenvalue weighted by molar-refractivity contribution is 0.0742. The molecule has 2 aromatic heterocycles. The van der Waals surface area contributed by atoms with Crippen LogP contribution >= 0.6 is 11.6 Å². The zero-order valence-corrected chi connectivity index (χ0v) is 17.8. The SMILES string of the molecule is O=C(c1ccc[nH]c1=O)N1CCC(=C2c3ccc(Cl)cc3CCc3cccnc32)CC1. The number of aromatic amines is 1. The fraction of sp³-hybridized carbons (Fsp3) is 0.240. The van der Waals surface area contributed by atoms with E-state index < -0.39 is 0 Å². The van der Waals surface area contributed by atoms with Gasteiger partial charge in [-0.25, -0.2) is 0 Å². The molecule has 3 heterocycles. The van der Waals surface area contributed by atoms with Crippen molar-refractivity contribution < 1.29 is 4.79 Å². The number of pyridine rings is 2. The molecule has 156 valence electrons. The summed E-state index contributed by atoms with van der Waals surface area (Å²) in [7, 11) is 0. The number of piperidine rings is 1. The summed E-state index contributed by atoms with van der Waals surface area (Å²) in [4.78, 5) is 34.0. The molecule has 0 spiro atoms. The number of H-pyrrole nitrogens is 1. The maximum absolute atomic E-state index is 12.9. The van der Waals surface area contributed by atoms with E-state index in [4.69, 9.17) is 16.6 Å². The highest BCUT2D eigenvalue weighted by Crippen LogP contribution is 2.38. The van der Waals surface area contributed by atoms with Crippen molar-refractivity contribution in [2.75, 3.05) is 13.1 Å². The van der Waals surface area contributed by atoms with Gasteiger partial charge in [-0.2, -0.15) is 0 Å². The minimum Gasteiger partial charge on any atom is -0.338 e. The van der Waals surface area contributed by atoms with E-state index in [2.05, 4.69) is 23.2 Å². The van der Waals surface area contributed by atoms with Crippen molar-refractivity contribution in [1.82, 2.24) is 14.9 Å². The van der Waals surface area contributed by atoms with E-state index >= 15 is 0 Å². The van der Waals surface area contributed by atoms with Crippen LogP contribution in [0.4, 0.5) is 0 Å². The number of halogens is 1. The summed E-state index contributed by atoms with van der Waals surface area (Å²) in [6.07, 6.45) is 6.74. The van der Waals surface area contributed by atoms with Gasteiger partial charge in [-0.1, -0.05) is 29.3 Å². The van der Waals surface area contributed by atoms with Crippen molar-refractivity contribution in [1.29, 1.82) is 0 Å². The van der Waals surface area contributed by atoms with Crippen molar-refractivity contribution >= 4 is 23.1 Å². The fourth-order valence-electron chi connectivity index (χ4n) is 4.62. The molecule has 1 fully saturated rings. The lowest BCUT2D eigenvalue weighted by Gasteiger charge is -2.30. The molecule has 0 atom stereocenters. The van der Waals surface area contributed by atoms with Gasteiger partial charge >= 0.3 is 0 Å². The third-order valence-electron chi connectivity index (χ3n) is 6.18. The molecule has 1 N–H and O–H groups in total. The van der Waals surface area contributed by atoms with Crippen molar-refractivity contribution in [2.24, 2.45) is 0 Å². The van der Waals surface area contributed by atoms with Gasteiger partial charge in [0.1, 0.15) is 5.56 Å². The zero-order chi connectivity index (χ0) is 21.4. The number of nitrogens with zero attached hydrogens (tertiary/aromatic N) is 2. The van der Waals surface area contributed by atoms with Crippen LogP contribution in [-0.2, 0) is 12.8 Å². The largest absolute Gasteiger partial charge is 0.338 e. The normalized spacial score (nSPS) is 15.8. The first-order valence-corrected chi connectivity index (χ1v) is 10.9. The lowest BCUT2D eigenvalue weighted by atomic mass is 9.88. The number of aromatic nitrogens is 2. The highest BCUT2D eigenvalue weighted by molar-refractivity contribution is 6.30. The van der Waals surface area contributed by atoms with Crippen LogP contribution in [0.3, 0.4) is 0 Å². The minimum atomic E-state index is -0.343. The van der Waals surface area contributed by atoms with E-state index in [0.29, 0.717) is 13.1 Å². The Balaban J connectivity index is 1.52. The van der Waals surface area contributed by atoms with Crippen LogP contribution in [0.25, 0.3) is 5.57 Å². The molecule has 1 aliphatic carbocycles. The van der Waals surface area contributed by atoms with Crippen molar-refractivity contribution in [3.63, 3.8) is 0 Å². The second kappa shape index (κ2) is 8.16. The predicted molar refractivity (Wildman–Crippen MR) is 121 cm³/mol. The number of aryl methyl sites for hydroxylation is 2. The molecule has 1 amide bonds. The van der Waals surface area contributed by atoms with Crippen LogP contribution in [-0.4, -0.2) is 33.9 Å². The monoisotopic (exact) mass is 431 g/mol. The number of nitrogens with one attached hydrogen (secondary N) is 1. The zero-order valence-electron chi connectivity index (χ0n) is 17.0. The smallest absolute Gasteiger partial charge is 0.260 e. The molecule has 0 unspecified atom stereocenters. The summed E-state index contributed by atoms with van der Waals surface area (Å²) in [5.74, 6) is -0.211. The van der Waals surface area contributed by atoms with E-state index in [1.807, 2.05) is 18.3 Å². The second-order valence-electron chi connectivity index (χ2n) is 8.00. The average molecular weight is 432 g/mol. The minimum absolute atomic E-state index is 0.195. The van der Waals surface area contributed by atoms with E-state index in [1.54, 1.807) is 17.0 Å². The Kier molecular flexibility index (Phi) is 5.20. The van der Waals surface area contributed by atoms with Gasteiger partial charge in [-0.05, 0) is 72.7 Å².